The topological polar surface area (TPSA) is 38.5 Å². The van der Waals surface area contributed by atoms with Crippen molar-refractivity contribution in [1.29, 1.82) is 0 Å². The van der Waals surface area contributed by atoms with E-state index in [1.807, 2.05) is 0 Å². The van der Waals surface area contributed by atoms with Gasteiger partial charge in [-0.25, -0.2) is 0 Å². The van der Waals surface area contributed by atoms with Crippen molar-refractivity contribution in [3.05, 3.63) is 29.8 Å². The molecule has 2 N–H and O–H groups in total. The van der Waals surface area contributed by atoms with Crippen LogP contribution in [0.4, 0.5) is 0 Å². The first-order valence-electron chi connectivity index (χ1n) is 8.01. The first kappa shape index (κ1) is 13.9. The first-order valence-corrected chi connectivity index (χ1v) is 8.01. The van der Waals surface area contributed by atoms with Crippen molar-refractivity contribution in [2.75, 3.05) is 19.7 Å². The molecule has 0 saturated heterocycles. The van der Waals surface area contributed by atoms with Crippen LogP contribution in [-0.4, -0.2) is 30.6 Å². The maximum absolute atomic E-state index is 6.37. The predicted octanol–water partition coefficient (Wildman–Crippen LogP) is 2.79. The molecule has 1 fully saturated rings. The minimum atomic E-state index is 0.386. The highest BCUT2D eigenvalue weighted by molar-refractivity contribution is 5.33. The van der Waals surface area contributed by atoms with Crippen molar-refractivity contribution in [2.24, 2.45) is 11.7 Å². The van der Waals surface area contributed by atoms with Crippen LogP contribution in [0.25, 0.3) is 0 Å². The fourth-order valence-electron chi connectivity index (χ4n) is 3.51. The Morgan fingerprint density at radius 1 is 1.15 bits per heavy atom. The summed E-state index contributed by atoms with van der Waals surface area (Å²) in [7, 11) is 0. The van der Waals surface area contributed by atoms with Crippen LogP contribution in [-0.2, 0) is 6.54 Å². The molecule has 0 aromatic heterocycles. The number of para-hydroxylation sites is 1. The van der Waals surface area contributed by atoms with E-state index in [1.54, 1.807) is 0 Å². The smallest absolute Gasteiger partial charge is 0.123 e. The zero-order chi connectivity index (χ0) is 13.8. The van der Waals surface area contributed by atoms with Crippen LogP contribution in [0.1, 0.15) is 37.7 Å². The molecule has 2 aliphatic rings. The van der Waals surface area contributed by atoms with Crippen LogP contribution in [0.2, 0.25) is 0 Å². The standard InChI is InChI=1S/C17H26N2O/c18-16-8-3-1-2-6-14(16)12-19-10-11-20-17-9-5-4-7-15(17)13-19/h4-5,7,9,14,16H,1-3,6,8,10-13,18H2. The predicted molar refractivity (Wildman–Crippen MR) is 81.8 cm³/mol. The fourth-order valence-corrected chi connectivity index (χ4v) is 3.51. The van der Waals surface area contributed by atoms with Gasteiger partial charge in [-0.3, -0.25) is 4.90 Å². The molecule has 2 unspecified atom stereocenters. The molecule has 110 valence electrons. The molecule has 3 heteroatoms. The Morgan fingerprint density at radius 2 is 2.00 bits per heavy atom. The van der Waals surface area contributed by atoms with Gasteiger partial charge in [0.1, 0.15) is 12.4 Å². The number of benzene rings is 1. The van der Waals surface area contributed by atoms with Crippen LogP contribution in [0.15, 0.2) is 24.3 Å². The molecule has 1 aromatic carbocycles. The van der Waals surface area contributed by atoms with Gasteiger partial charge in [-0.2, -0.15) is 0 Å². The van der Waals surface area contributed by atoms with E-state index in [4.69, 9.17) is 10.5 Å². The Kier molecular flexibility index (Phi) is 4.58. The van der Waals surface area contributed by atoms with Crippen LogP contribution in [0.3, 0.4) is 0 Å². The highest BCUT2D eigenvalue weighted by atomic mass is 16.5. The maximum atomic E-state index is 6.37. The Balaban J connectivity index is 1.65. The zero-order valence-electron chi connectivity index (χ0n) is 12.3. The molecule has 0 bridgehead atoms. The number of nitrogens with two attached hydrogens (primary N) is 1. The van der Waals surface area contributed by atoms with Crippen LogP contribution < -0.4 is 10.5 Å². The number of hydrogen-bond acceptors (Lipinski definition) is 3. The summed E-state index contributed by atoms with van der Waals surface area (Å²) in [4.78, 5) is 2.53. The van der Waals surface area contributed by atoms with E-state index >= 15 is 0 Å². The van der Waals surface area contributed by atoms with Gasteiger partial charge in [-0.05, 0) is 24.8 Å². The van der Waals surface area contributed by atoms with E-state index < -0.39 is 0 Å². The van der Waals surface area contributed by atoms with E-state index in [9.17, 15) is 0 Å². The van der Waals surface area contributed by atoms with E-state index in [0.717, 1.165) is 32.0 Å². The fraction of sp³-hybridized carbons (Fsp3) is 0.647. The Morgan fingerprint density at radius 3 is 2.95 bits per heavy atom. The Hall–Kier alpha value is -1.06. The molecule has 1 aromatic rings. The van der Waals surface area contributed by atoms with Gasteiger partial charge in [0.25, 0.3) is 0 Å². The van der Waals surface area contributed by atoms with E-state index in [-0.39, 0.29) is 0 Å². The molecular formula is C17H26N2O. The summed E-state index contributed by atoms with van der Waals surface area (Å²) in [6.07, 6.45) is 6.50. The number of rotatable bonds is 2. The average Bonchev–Trinajstić information content (AvgIpc) is 2.78. The lowest BCUT2D eigenvalue weighted by molar-refractivity contribution is 0.182. The van der Waals surface area contributed by atoms with Crippen molar-refractivity contribution < 1.29 is 4.74 Å². The SMILES string of the molecule is NC1CCCCCC1CN1CCOc2ccccc2C1. The van der Waals surface area contributed by atoms with Gasteiger partial charge in [-0.1, -0.05) is 37.5 Å². The summed E-state index contributed by atoms with van der Waals surface area (Å²) in [5.74, 6) is 1.71. The molecule has 3 nitrogen and oxygen atoms in total. The van der Waals surface area contributed by atoms with Gasteiger partial charge in [0.05, 0.1) is 0 Å². The lowest BCUT2D eigenvalue weighted by Gasteiger charge is -2.28. The second-order valence-electron chi connectivity index (χ2n) is 6.25. The summed E-state index contributed by atoms with van der Waals surface area (Å²) in [6.45, 7) is 3.93. The third kappa shape index (κ3) is 3.33. The summed E-state index contributed by atoms with van der Waals surface area (Å²) in [5, 5.41) is 0. The van der Waals surface area contributed by atoms with Gasteiger partial charge in [0.2, 0.25) is 0 Å². The van der Waals surface area contributed by atoms with Crippen molar-refractivity contribution in [1.82, 2.24) is 4.90 Å². The molecule has 2 atom stereocenters. The lowest BCUT2D eigenvalue weighted by atomic mass is 9.94. The van der Waals surface area contributed by atoms with Crippen molar-refractivity contribution in [2.45, 2.75) is 44.7 Å². The van der Waals surface area contributed by atoms with Crippen molar-refractivity contribution in [3.63, 3.8) is 0 Å². The number of hydrogen-bond donors (Lipinski definition) is 1. The highest BCUT2D eigenvalue weighted by Crippen LogP contribution is 2.26. The third-order valence-electron chi connectivity index (χ3n) is 4.74. The second kappa shape index (κ2) is 6.59. The molecule has 0 spiro atoms. The Labute approximate surface area is 122 Å². The quantitative estimate of drug-likeness (QED) is 0.843. The monoisotopic (exact) mass is 274 g/mol. The third-order valence-corrected chi connectivity index (χ3v) is 4.74. The maximum Gasteiger partial charge on any atom is 0.123 e. The van der Waals surface area contributed by atoms with Gasteiger partial charge in [0.15, 0.2) is 0 Å². The number of fused-ring (bicyclic) bond motifs is 1. The van der Waals surface area contributed by atoms with Crippen molar-refractivity contribution >= 4 is 0 Å². The molecule has 1 aliphatic carbocycles. The van der Waals surface area contributed by atoms with E-state index in [2.05, 4.69) is 29.2 Å². The molecule has 1 heterocycles. The van der Waals surface area contributed by atoms with Gasteiger partial charge < -0.3 is 10.5 Å². The summed E-state index contributed by atoms with van der Waals surface area (Å²) in [6, 6.07) is 8.80. The van der Waals surface area contributed by atoms with Crippen LogP contribution in [0, 0.1) is 5.92 Å². The summed E-state index contributed by atoms with van der Waals surface area (Å²) < 4.78 is 5.85. The molecule has 0 radical (unpaired) electrons. The van der Waals surface area contributed by atoms with Gasteiger partial charge >= 0.3 is 0 Å². The molecule has 20 heavy (non-hydrogen) atoms. The van der Waals surface area contributed by atoms with Gasteiger partial charge in [0, 0.05) is 31.2 Å². The van der Waals surface area contributed by atoms with E-state index in [0.29, 0.717) is 12.0 Å². The zero-order valence-corrected chi connectivity index (χ0v) is 12.3. The minimum absolute atomic E-state index is 0.386. The van der Waals surface area contributed by atoms with Crippen LogP contribution >= 0.6 is 0 Å². The average molecular weight is 274 g/mol. The normalized spacial score (nSPS) is 28.1. The summed E-state index contributed by atoms with van der Waals surface area (Å²) >= 11 is 0. The lowest BCUT2D eigenvalue weighted by Crippen LogP contribution is -2.39. The molecule has 1 saturated carbocycles. The second-order valence-corrected chi connectivity index (χ2v) is 6.25. The largest absolute Gasteiger partial charge is 0.492 e. The van der Waals surface area contributed by atoms with Crippen molar-refractivity contribution in [3.8, 4) is 5.75 Å². The molecule has 3 rings (SSSR count). The highest BCUT2D eigenvalue weighted by Gasteiger charge is 2.24. The number of nitrogens with zero attached hydrogens (tertiary/aromatic N) is 1. The molecular weight excluding hydrogens is 248 g/mol. The van der Waals surface area contributed by atoms with E-state index in [1.165, 1.54) is 37.7 Å². The molecule has 1 aliphatic heterocycles. The first-order chi connectivity index (χ1) is 9.83. The number of ether oxygens (including phenoxy) is 1. The van der Waals surface area contributed by atoms with Gasteiger partial charge in [-0.15, -0.1) is 0 Å². The molecule has 0 amide bonds. The minimum Gasteiger partial charge on any atom is -0.492 e. The van der Waals surface area contributed by atoms with Crippen LogP contribution in [0.5, 0.6) is 5.75 Å². The summed E-state index contributed by atoms with van der Waals surface area (Å²) in [5.41, 5.74) is 7.68. The Bertz CT molecular complexity index is 435.